The zero-order valence-electron chi connectivity index (χ0n) is 10.5. The van der Waals surface area contributed by atoms with Gasteiger partial charge in [0, 0.05) is 17.6 Å². The van der Waals surface area contributed by atoms with Gasteiger partial charge in [0.15, 0.2) is 0 Å². The third-order valence-corrected chi connectivity index (χ3v) is 3.77. The Balaban J connectivity index is 1.90. The quantitative estimate of drug-likeness (QED) is 0.890. The van der Waals surface area contributed by atoms with E-state index >= 15 is 0 Å². The summed E-state index contributed by atoms with van der Waals surface area (Å²) in [6.07, 6.45) is 3.84. The molecule has 1 fully saturated rings. The van der Waals surface area contributed by atoms with Crippen molar-refractivity contribution in [2.24, 2.45) is 0 Å². The van der Waals surface area contributed by atoms with Gasteiger partial charge < -0.3 is 5.32 Å². The molecule has 0 bridgehead atoms. The van der Waals surface area contributed by atoms with Crippen molar-refractivity contribution >= 4 is 11.6 Å². The number of hydrogen-bond donors (Lipinski definition) is 1. The number of nitrogens with zero attached hydrogens (tertiary/aromatic N) is 1. The number of hydrogen-bond acceptors (Lipinski definition) is 2. The van der Waals surface area contributed by atoms with Gasteiger partial charge in [-0.25, -0.2) is 0 Å². The van der Waals surface area contributed by atoms with Crippen LogP contribution in [0.25, 0.3) is 0 Å². The molecule has 0 amide bonds. The lowest BCUT2D eigenvalue weighted by atomic mass is 10.1. The summed E-state index contributed by atoms with van der Waals surface area (Å²) in [5, 5.41) is 4.27. The zero-order chi connectivity index (χ0) is 12.1. The van der Waals surface area contributed by atoms with E-state index in [-0.39, 0.29) is 0 Å². The van der Waals surface area contributed by atoms with Crippen LogP contribution in [-0.4, -0.2) is 31.1 Å². The normalized spacial score (nSPS) is 21.5. The van der Waals surface area contributed by atoms with Crippen molar-refractivity contribution in [3.05, 3.63) is 34.9 Å². The molecule has 1 aromatic carbocycles. The standard InChI is InChI=1S/C14H21ClN2/c1-17(14-3-2-9-16-10-8-14)11-12-4-6-13(15)7-5-12/h4-7,14,16H,2-3,8-11H2,1H3. The minimum Gasteiger partial charge on any atom is -0.317 e. The second-order valence-corrected chi connectivity index (χ2v) is 5.31. The molecule has 1 atom stereocenters. The summed E-state index contributed by atoms with van der Waals surface area (Å²) in [5.74, 6) is 0. The van der Waals surface area contributed by atoms with E-state index in [0.717, 1.165) is 18.1 Å². The summed E-state index contributed by atoms with van der Waals surface area (Å²) in [5.41, 5.74) is 1.34. The van der Waals surface area contributed by atoms with E-state index in [1.807, 2.05) is 12.1 Å². The Morgan fingerprint density at radius 3 is 2.76 bits per heavy atom. The van der Waals surface area contributed by atoms with Crippen molar-refractivity contribution < 1.29 is 0 Å². The summed E-state index contributed by atoms with van der Waals surface area (Å²) >= 11 is 5.90. The van der Waals surface area contributed by atoms with Gasteiger partial charge in [-0.05, 0) is 57.1 Å². The van der Waals surface area contributed by atoms with Gasteiger partial charge in [0.25, 0.3) is 0 Å². The molecule has 1 aliphatic heterocycles. The molecule has 94 valence electrons. The maximum absolute atomic E-state index is 5.90. The Morgan fingerprint density at radius 1 is 1.24 bits per heavy atom. The highest BCUT2D eigenvalue weighted by molar-refractivity contribution is 6.30. The number of halogens is 1. The molecule has 0 aliphatic carbocycles. The average Bonchev–Trinajstić information content (AvgIpc) is 2.61. The molecule has 1 N–H and O–H groups in total. The fraction of sp³-hybridized carbons (Fsp3) is 0.571. The third-order valence-electron chi connectivity index (χ3n) is 3.51. The molecule has 2 nitrogen and oxygen atoms in total. The van der Waals surface area contributed by atoms with Crippen LogP contribution in [0, 0.1) is 0 Å². The lowest BCUT2D eigenvalue weighted by Gasteiger charge is -2.26. The molecule has 1 aliphatic rings. The molecule has 3 heteroatoms. The van der Waals surface area contributed by atoms with Crippen molar-refractivity contribution in [1.29, 1.82) is 0 Å². The first-order valence-electron chi connectivity index (χ1n) is 6.41. The van der Waals surface area contributed by atoms with Crippen molar-refractivity contribution in [3.8, 4) is 0 Å². The van der Waals surface area contributed by atoms with Crippen molar-refractivity contribution in [2.75, 3.05) is 20.1 Å². The Morgan fingerprint density at radius 2 is 2.00 bits per heavy atom. The van der Waals surface area contributed by atoms with Crippen molar-refractivity contribution in [1.82, 2.24) is 10.2 Å². The first-order chi connectivity index (χ1) is 8.25. The average molecular weight is 253 g/mol. The Bertz CT molecular complexity index is 329. The van der Waals surface area contributed by atoms with Gasteiger partial charge in [-0.1, -0.05) is 23.7 Å². The highest BCUT2D eigenvalue weighted by Crippen LogP contribution is 2.16. The summed E-state index contributed by atoms with van der Waals surface area (Å²) in [7, 11) is 2.23. The molecular formula is C14H21ClN2. The molecule has 1 saturated heterocycles. The van der Waals surface area contributed by atoms with E-state index in [1.165, 1.54) is 31.4 Å². The molecular weight excluding hydrogens is 232 g/mol. The van der Waals surface area contributed by atoms with Crippen LogP contribution in [0.3, 0.4) is 0 Å². The van der Waals surface area contributed by atoms with E-state index < -0.39 is 0 Å². The van der Waals surface area contributed by atoms with Crippen LogP contribution >= 0.6 is 11.6 Å². The fourth-order valence-corrected chi connectivity index (χ4v) is 2.57. The van der Waals surface area contributed by atoms with Crippen LogP contribution in [0.4, 0.5) is 0 Å². The summed E-state index contributed by atoms with van der Waals surface area (Å²) in [6, 6.07) is 8.89. The predicted octanol–water partition coefficient (Wildman–Crippen LogP) is 2.91. The molecule has 2 rings (SSSR count). The first-order valence-corrected chi connectivity index (χ1v) is 6.79. The van der Waals surface area contributed by atoms with Crippen LogP contribution in [0.2, 0.25) is 5.02 Å². The van der Waals surface area contributed by atoms with Crippen molar-refractivity contribution in [2.45, 2.75) is 31.8 Å². The van der Waals surface area contributed by atoms with Gasteiger partial charge in [0.1, 0.15) is 0 Å². The van der Waals surface area contributed by atoms with Gasteiger partial charge >= 0.3 is 0 Å². The predicted molar refractivity (Wildman–Crippen MR) is 73.4 cm³/mol. The molecule has 0 spiro atoms. The van der Waals surface area contributed by atoms with E-state index in [4.69, 9.17) is 11.6 Å². The second-order valence-electron chi connectivity index (χ2n) is 4.88. The topological polar surface area (TPSA) is 15.3 Å². The molecule has 1 unspecified atom stereocenters. The summed E-state index contributed by atoms with van der Waals surface area (Å²) < 4.78 is 0. The van der Waals surface area contributed by atoms with Gasteiger partial charge in [0.2, 0.25) is 0 Å². The minimum atomic E-state index is 0.709. The molecule has 1 aromatic rings. The van der Waals surface area contributed by atoms with Crippen molar-refractivity contribution in [3.63, 3.8) is 0 Å². The molecule has 1 heterocycles. The Hall–Kier alpha value is -0.570. The van der Waals surface area contributed by atoms with E-state index in [9.17, 15) is 0 Å². The molecule has 0 saturated carbocycles. The molecule has 17 heavy (non-hydrogen) atoms. The number of nitrogens with one attached hydrogen (secondary N) is 1. The van der Waals surface area contributed by atoms with Crippen LogP contribution in [-0.2, 0) is 6.54 Å². The maximum Gasteiger partial charge on any atom is 0.0406 e. The zero-order valence-corrected chi connectivity index (χ0v) is 11.2. The van der Waals surface area contributed by atoms with E-state index in [2.05, 4.69) is 29.4 Å². The molecule has 0 radical (unpaired) electrons. The minimum absolute atomic E-state index is 0.709. The lowest BCUT2D eigenvalue weighted by molar-refractivity contribution is 0.216. The highest BCUT2D eigenvalue weighted by atomic mass is 35.5. The van der Waals surface area contributed by atoms with E-state index in [0.29, 0.717) is 6.04 Å². The third kappa shape index (κ3) is 3.98. The van der Waals surface area contributed by atoms with Gasteiger partial charge in [-0.2, -0.15) is 0 Å². The highest BCUT2D eigenvalue weighted by Gasteiger charge is 2.16. The van der Waals surface area contributed by atoms with Gasteiger partial charge in [-0.3, -0.25) is 4.90 Å². The number of benzene rings is 1. The van der Waals surface area contributed by atoms with Gasteiger partial charge in [-0.15, -0.1) is 0 Å². The lowest BCUT2D eigenvalue weighted by Crippen LogP contribution is -2.31. The van der Waals surface area contributed by atoms with Crippen LogP contribution in [0.5, 0.6) is 0 Å². The van der Waals surface area contributed by atoms with E-state index in [1.54, 1.807) is 0 Å². The summed E-state index contributed by atoms with van der Waals surface area (Å²) in [4.78, 5) is 2.47. The van der Waals surface area contributed by atoms with Crippen LogP contribution < -0.4 is 5.32 Å². The number of rotatable bonds is 3. The van der Waals surface area contributed by atoms with Crippen LogP contribution in [0.1, 0.15) is 24.8 Å². The SMILES string of the molecule is CN(Cc1ccc(Cl)cc1)C1CCCNCC1. The Kier molecular flexibility index (Phi) is 4.84. The van der Waals surface area contributed by atoms with Crippen LogP contribution in [0.15, 0.2) is 24.3 Å². The maximum atomic E-state index is 5.90. The Labute approximate surface area is 109 Å². The summed E-state index contributed by atoms with van der Waals surface area (Å²) in [6.45, 7) is 3.34. The monoisotopic (exact) mass is 252 g/mol. The first kappa shape index (κ1) is 12.9. The second kappa shape index (κ2) is 6.39. The molecule has 0 aromatic heterocycles. The fourth-order valence-electron chi connectivity index (χ4n) is 2.45. The largest absolute Gasteiger partial charge is 0.317 e. The van der Waals surface area contributed by atoms with Gasteiger partial charge in [0.05, 0.1) is 0 Å². The smallest absolute Gasteiger partial charge is 0.0406 e.